The largest absolute Gasteiger partial charge is 0.573 e. The Bertz CT molecular complexity index is 1350. The average Bonchev–Trinajstić information content (AvgIpc) is 3.32. The molecule has 0 spiro atoms. The lowest BCUT2D eigenvalue weighted by molar-refractivity contribution is -0.274. The van der Waals surface area contributed by atoms with E-state index < -0.39 is 6.36 Å². The minimum Gasteiger partial charge on any atom is -0.491 e. The molecule has 0 aliphatic carbocycles. The number of benzene rings is 2. The summed E-state index contributed by atoms with van der Waals surface area (Å²) >= 11 is 0. The molecule has 37 heavy (non-hydrogen) atoms. The first-order chi connectivity index (χ1) is 17.8. The number of amides is 1. The number of nitrogens with zero attached hydrogens (tertiary/aromatic N) is 4. The van der Waals surface area contributed by atoms with E-state index in [9.17, 15) is 18.0 Å². The maximum Gasteiger partial charge on any atom is 0.573 e. The molecule has 1 aliphatic rings. The summed E-state index contributed by atoms with van der Waals surface area (Å²) in [5, 5.41) is 0. The number of alkyl halides is 3. The van der Waals surface area contributed by atoms with Crippen LogP contribution in [-0.2, 0) is 0 Å². The van der Waals surface area contributed by atoms with Crippen LogP contribution in [0.4, 0.5) is 13.2 Å². The zero-order chi connectivity index (χ0) is 25.8. The van der Waals surface area contributed by atoms with Crippen molar-refractivity contribution in [3.8, 4) is 23.0 Å². The van der Waals surface area contributed by atoms with E-state index in [1.165, 1.54) is 18.2 Å². The van der Waals surface area contributed by atoms with Gasteiger partial charge < -0.3 is 19.4 Å². The molecule has 0 atom stereocenters. The summed E-state index contributed by atoms with van der Waals surface area (Å²) in [6.45, 7) is 4.10. The van der Waals surface area contributed by atoms with Crippen molar-refractivity contribution in [3.63, 3.8) is 0 Å². The molecule has 4 aromatic rings. The van der Waals surface area contributed by atoms with Crippen LogP contribution in [0.15, 0.2) is 66.9 Å². The lowest BCUT2D eigenvalue weighted by Gasteiger charge is -2.34. The Hall–Kier alpha value is -4.12. The number of aromatic nitrogens is 3. The lowest BCUT2D eigenvalue weighted by Crippen LogP contribution is -2.49. The van der Waals surface area contributed by atoms with Gasteiger partial charge in [0.25, 0.3) is 5.91 Å². The van der Waals surface area contributed by atoms with Crippen molar-refractivity contribution in [1.82, 2.24) is 24.8 Å². The van der Waals surface area contributed by atoms with Crippen LogP contribution in [0.5, 0.6) is 11.5 Å². The van der Waals surface area contributed by atoms with Gasteiger partial charge in [0, 0.05) is 44.4 Å². The number of aromatic amines is 1. The number of piperazine rings is 1. The fourth-order valence-electron chi connectivity index (χ4n) is 4.14. The highest BCUT2D eigenvalue weighted by atomic mass is 19.4. The maximum atomic E-state index is 12.6. The van der Waals surface area contributed by atoms with Crippen molar-refractivity contribution in [3.05, 3.63) is 72.4 Å². The first-order valence-corrected chi connectivity index (χ1v) is 11.8. The van der Waals surface area contributed by atoms with E-state index >= 15 is 0 Å². The molecule has 1 fully saturated rings. The number of hydrogen-bond donors (Lipinski definition) is 1. The summed E-state index contributed by atoms with van der Waals surface area (Å²) in [5.41, 5.74) is 2.14. The number of rotatable bonds is 7. The smallest absolute Gasteiger partial charge is 0.491 e. The summed E-state index contributed by atoms with van der Waals surface area (Å²) in [6, 6.07) is 16.7. The second-order valence-electron chi connectivity index (χ2n) is 8.54. The maximum absolute atomic E-state index is 12.6. The molecule has 192 valence electrons. The third-order valence-corrected chi connectivity index (χ3v) is 6.02. The molecule has 11 heteroatoms. The van der Waals surface area contributed by atoms with Crippen molar-refractivity contribution >= 4 is 16.9 Å². The number of halogens is 3. The molecule has 3 heterocycles. The van der Waals surface area contributed by atoms with Crippen molar-refractivity contribution < 1.29 is 27.4 Å². The number of carbonyl (C=O) groups is 1. The molecule has 5 rings (SSSR count). The molecule has 2 aromatic carbocycles. The number of H-pyrrole nitrogens is 1. The van der Waals surface area contributed by atoms with Gasteiger partial charge in [-0.3, -0.25) is 9.69 Å². The van der Waals surface area contributed by atoms with Crippen LogP contribution in [0.3, 0.4) is 0 Å². The van der Waals surface area contributed by atoms with Gasteiger partial charge in [-0.2, -0.15) is 0 Å². The Morgan fingerprint density at radius 3 is 2.43 bits per heavy atom. The first kappa shape index (κ1) is 24.6. The van der Waals surface area contributed by atoms with Gasteiger partial charge in [-0.05, 0) is 36.4 Å². The summed E-state index contributed by atoms with van der Waals surface area (Å²) in [4.78, 5) is 28.4. The highest BCUT2D eigenvalue weighted by molar-refractivity contribution is 5.94. The van der Waals surface area contributed by atoms with Gasteiger partial charge in [-0.15, -0.1) is 13.2 Å². The third-order valence-electron chi connectivity index (χ3n) is 6.02. The minimum atomic E-state index is -4.76. The summed E-state index contributed by atoms with van der Waals surface area (Å²) in [6.07, 6.45) is -3.18. The molecular weight excluding hydrogens is 487 g/mol. The molecule has 0 unspecified atom stereocenters. The highest BCUT2D eigenvalue weighted by Gasteiger charge is 2.31. The number of carbonyl (C=O) groups excluding carboxylic acids is 1. The summed E-state index contributed by atoms with van der Waals surface area (Å²) in [7, 11) is 0. The molecule has 1 aliphatic heterocycles. The van der Waals surface area contributed by atoms with Crippen molar-refractivity contribution in [2.75, 3.05) is 39.3 Å². The molecule has 0 bridgehead atoms. The van der Waals surface area contributed by atoms with Gasteiger partial charge in [-0.25, -0.2) is 9.97 Å². The first-order valence-electron chi connectivity index (χ1n) is 11.8. The fraction of sp³-hybridized carbons (Fsp3) is 0.269. The molecule has 8 nitrogen and oxygen atoms in total. The normalized spacial score (nSPS) is 14.6. The zero-order valence-corrected chi connectivity index (χ0v) is 19.7. The van der Waals surface area contributed by atoms with E-state index in [0.717, 1.165) is 19.6 Å². The molecular formula is C26H24F3N5O3. The topological polar surface area (TPSA) is 83.6 Å². The van der Waals surface area contributed by atoms with E-state index in [0.29, 0.717) is 53.6 Å². The molecule has 1 saturated heterocycles. The number of ether oxygens (including phenoxy) is 2. The zero-order valence-electron chi connectivity index (χ0n) is 19.7. The van der Waals surface area contributed by atoms with Gasteiger partial charge in [0.15, 0.2) is 5.82 Å². The molecule has 1 amide bonds. The van der Waals surface area contributed by atoms with E-state index in [1.807, 2.05) is 35.2 Å². The molecule has 0 saturated carbocycles. The van der Waals surface area contributed by atoms with E-state index in [4.69, 9.17) is 4.74 Å². The molecule has 2 aromatic heterocycles. The summed E-state index contributed by atoms with van der Waals surface area (Å²) in [5.74, 6) is 0.744. The average molecular weight is 512 g/mol. The second kappa shape index (κ2) is 10.5. The Kier molecular flexibility index (Phi) is 6.95. The predicted molar refractivity (Wildman–Crippen MR) is 130 cm³/mol. The van der Waals surface area contributed by atoms with Crippen molar-refractivity contribution in [2.24, 2.45) is 0 Å². The summed E-state index contributed by atoms with van der Waals surface area (Å²) < 4.78 is 47.1. The predicted octanol–water partition coefficient (Wildman–Crippen LogP) is 4.36. The van der Waals surface area contributed by atoms with Crippen LogP contribution in [-0.4, -0.2) is 76.4 Å². The van der Waals surface area contributed by atoms with Crippen LogP contribution >= 0.6 is 0 Å². The number of imidazole rings is 1. The van der Waals surface area contributed by atoms with E-state index in [2.05, 4.69) is 24.6 Å². The van der Waals surface area contributed by atoms with Gasteiger partial charge in [0.05, 0.1) is 17.2 Å². The van der Waals surface area contributed by atoms with Crippen molar-refractivity contribution in [1.29, 1.82) is 0 Å². The third kappa shape index (κ3) is 6.18. The number of nitrogens with one attached hydrogen (secondary N) is 1. The standard InChI is InChI=1S/C26H24F3N5O3/c27-26(28,29)37-19-6-8-21-23(16-19)32-24(31-21)22-9-7-20(17-30-22)36-15-14-33-10-12-34(13-11-33)25(35)18-4-2-1-3-5-18/h1-9,16-17H,10-15H2,(H,31,32). The van der Waals surface area contributed by atoms with Crippen LogP contribution in [0.25, 0.3) is 22.6 Å². The molecule has 1 N–H and O–H groups in total. The Morgan fingerprint density at radius 1 is 0.973 bits per heavy atom. The van der Waals surface area contributed by atoms with Crippen LogP contribution in [0.1, 0.15) is 10.4 Å². The van der Waals surface area contributed by atoms with E-state index in [1.54, 1.807) is 18.3 Å². The number of fused-ring (bicyclic) bond motifs is 1. The van der Waals surface area contributed by atoms with Crippen molar-refractivity contribution in [2.45, 2.75) is 6.36 Å². The van der Waals surface area contributed by atoms with Crippen LogP contribution in [0.2, 0.25) is 0 Å². The van der Waals surface area contributed by atoms with Crippen LogP contribution < -0.4 is 9.47 Å². The Morgan fingerprint density at radius 2 is 1.73 bits per heavy atom. The quantitative estimate of drug-likeness (QED) is 0.397. The lowest BCUT2D eigenvalue weighted by atomic mass is 10.2. The second-order valence-corrected chi connectivity index (χ2v) is 8.54. The van der Waals surface area contributed by atoms with Gasteiger partial charge in [0.2, 0.25) is 0 Å². The number of hydrogen-bond acceptors (Lipinski definition) is 6. The number of pyridine rings is 1. The Balaban J connectivity index is 1.10. The van der Waals surface area contributed by atoms with Gasteiger partial charge in [-0.1, -0.05) is 18.2 Å². The van der Waals surface area contributed by atoms with Gasteiger partial charge in [0.1, 0.15) is 23.8 Å². The SMILES string of the molecule is O=C(c1ccccc1)N1CCN(CCOc2ccc(-c3nc4cc(OC(F)(F)F)ccc4[nH]3)nc2)CC1. The highest BCUT2D eigenvalue weighted by Crippen LogP contribution is 2.27. The minimum absolute atomic E-state index is 0.0576. The molecule has 0 radical (unpaired) electrons. The Labute approximate surface area is 210 Å². The monoisotopic (exact) mass is 511 g/mol. The fourth-order valence-corrected chi connectivity index (χ4v) is 4.14. The van der Waals surface area contributed by atoms with Gasteiger partial charge >= 0.3 is 6.36 Å². The van der Waals surface area contributed by atoms with E-state index in [-0.39, 0.29) is 11.7 Å². The van der Waals surface area contributed by atoms with Crippen LogP contribution in [0, 0.1) is 0 Å².